The van der Waals surface area contributed by atoms with Gasteiger partial charge in [-0.1, -0.05) is 22.0 Å². The summed E-state index contributed by atoms with van der Waals surface area (Å²) in [4.78, 5) is 8.76. The average molecular weight is 473 g/mol. The highest BCUT2D eigenvalue weighted by Gasteiger charge is 2.11. The lowest BCUT2D eigenvalue weighted by molar-refractivity contribution is 0.625. The second kappa shape index (κ2) is 8.04. The van der Waals surface area contributed by atoms with Gasteiger partial charge in [0.05, 0.1) is 5.52 Å². The number of halogens is 2. The van der Waals surface area contributed by atoms with Crippen molar-refractivity contribution < 1.29 is 4.39 Å². The summed E-state index contributed by atoms with van der Waals surface area (Å²) in [7, 11) is 0. The molecule has 0 aliphatic carbocycles. The van der Waals surface area contributed by atoms with Gasteiger partial charge in [0, 0.05) is 45.6 Å². The van der Waals surface area contributed by atoms with Crippen molar-refractivity contribution in [1.29, 1.82) is 0 Å². The van der Waals surface area contributed by atoms with Crippen LogP contribution in [0.5, 0.6) is 0 Å². The quantitative estimate of drug-likeness (QED) is 0.325. The van der Waals surface area contributed by atoms with Gasteiger partial charge in [0.15, 0.2) is 0 Å². The van der Waals surface area contributed by atoms with Crippen molar-refractivity contribution in [1.82, 2.24) is 20.2 Å². The number of hydrogen-bond acceptors (Lipinski definition) is 3. The van der Waals surface area contributed by atoms with E-state index in [2.05, 4.69) is 54.3 Å². The molecule has 0 amide bonds. The Morgan fingerprint density at radius 3 is 2.52 bits per heavy atom. The van der Waals surface area contributed by atoms with Crippen molar-refractivity contribution >= 4 is 26.8 Å². The molecule has 0 spiro atoms. The van der Waals surface area contributed by atoms with E-state index in [0.29, 0.717) is 6.42 Å². The van der Waals surface area contributed by atoms with Crippen LogP contribution in [0.3, 0.4) is 0 Å². The molecule has 0 saturated heterocycles. The fourth-order valence-corrected chi connectivity index (χ4v) is 4.30. The summed E-state index contributed by atoms with van der Waals surface area (Å²) in [6.07, 6.45) is 4.15. The van der Waals surface area contributed by atoms with Crippen molar-refractivity contribution in [2.45, 2.75) is 13.3 Å². The Morgan fingerprint density at radius 2 is 1.68 bits per heavy atom. The first-order valence-corrected chi connectivity index (χ1v) is 10.7. The van der Waals surface area contributed by atoms with Crippen LogP contribution in [0, 0.1) is 12.7 Å². The second-order valence-electron chi connectivity index (χ2n) is 7.51. The number of nitrogens with zero attached hydrogens (tertiary/aromatic N) is 3. The molecule has 5 aromatic rings. The SMILES string of the molecule is Cc1cc(-c2n[nH]c3ccc(-c4ccnc(Cc5cc(F)cc(Br)c5)c4)cc23)ccn1. The molecule has 0 saturated carbocycles. The van der Waals surface area contributed by atoms with Gasteiger partial charge >= 0.3 is 0 Å². The molecule has 4 nitrogen and oxygen atoms in total. The number of H-pyrrole nitrogens is 1. The summed E-state index contributed by atoms with van der Waals surface area (Å²) in [6, 6.07) is 19.2. The molecule has 31 heavy (non-hydrogen) atoms. The first-order valence-electron chi connectivity index (χ1n) is 9.86. The van der Waals surface area contributed by atoms with Gasteiger partial charge in [-0.05, 0) is 78.2 Å². The van der Waals surface area contributed by atoms with Crippen LogP contribution in [0.1, 0.15) is 17.0 Å². The van der Waals surface area contributed by atoms with Gasteiger partial charge in [-0.3, -0.25) is 15.1 Å². The van der Waals surface area contributed by atoms with Crippen LogP contribution in [-0.4, -0.2) is 20.2 Å². The smallest absolute Gasteiger partial charge is 0.124 e. The summed E-state index contributed by atoms with van der Waals surface area (Å²) in [5.41, 5.74) is 7.75. The topological polar surface area (TPSA) is 54.5 Å². The van der Waals surface area contributed by atoms with Gasteiger partial charge in [-0.25, -0.2) is 4.39 Å². The van der Waals surface area contributed by atoms with Gasteiger partial charge in [0.2, 0.25) is 0 Å². The number of fused-ring (bicyclic) bond motifs is 1. The molecular formula is C25H18BrFN4. The van der Waals surface area contributed by atoms with E-state index < -0.39 is 0 Å². The zero-order valence-electron chi connectivity index (χ0n) is 16.7. The Morgan fingerprint density at radius 1 is 0.871 bits per heavy atom. The van der Waals surface area contributed by atoms with Crippen LogP contribution < -0.4 is 0 Å². The highest BCUT2D eigenvalue weighted by molar-refractivity contribution is 9.10. The van der Waals surface area contributed by atoms with E-state index in [1.165, 1.54) is 6.07 Å². The lowest BCUT2D eigenvalue weighted by Crippen LogP contribution is -1.94. The van der Waals surface area contributed by atoms with Crippen LogP contribution in [0.25, 0.3) is 33.3 Å². The number of aryl methyl sites for hydroxylation is 1. The monoisotopic (exact) mass is 472 g/mol. The molecule has 3 heterocycles. The number of nitrogens with one attached hydrogen (secondary N) is 1. The minimum atomic E-state index is -0.259. The second-order valence-corrected chi connectivity index (χ2v) is 8.42. The maximum Gasteiger partial charge on any atom is 0.124 e. The number of aromatic nitrogens is 4. The Balaban J connectivity index is 1.52. The summed E-state index contributed by atoms with van der Waals surface area (Å²) in [5.74, 6) is -0.259. The standard InChI is InChI=1S/C25H18BrFN4/c1-15-8-19(5-6-28-15)25-23-13-17(2-3-24(23)30-31-25)18-4-7-29-22(12-18)11-16-9-20(26)14-21(27)10-16/h2-10,12-14H,11H2,1H3,(H,30,31). The molecule has 6 heteroatoms. The van der Waals surface area contributed by atoms with Crippen molar-refractivity contribution in [3.05, 3.63) is 100 Å². The van der Waals surface area contributed by atoms with Crippen LogP contribution in [-0.2, 0) is 6.42 Å². The third kappa shape index (κ3) is 4.11. The molecule has 0 aliphatic heterocycles. The Kier molecular flexibility index (Phi) is 5.08. The largest absolute Gasteiger partial charge is 0.277 e. The first kappa shape index (κ1) is 19.6. The molecular weight excluding hydrogens is 455 g/mol. The van der Waals surface area contributed by atoms with E-state index in [1.807, 2.05) is 37.3 Å². The Bertz CT molecular complexity index is 1390. The molecule has 5 rings (SSSR count). The zero-order chi connectivity index (χ0) is 21.4. The molecule has 152 valence electrons. The maximum atomic E-state index is 13.7. The number of benzene rings is 2. The highest BCUT2D eigenvalue weighted by Crippen LogP contribution is 2.31. The van der Waals surface area contributed by atoms with Crippen molar-refractivity contribution in [3.63, 3.8) is 0 Å². The van der Waals surface area contributed by atoms with E-state index in [1.54, 1.807) is 18.5 Å². The maximum absolute atomic E-state index is 13.7. The summed E-state index contributed by atoms with van der Waals surface area (Å²) < 4.78 is 14.5. The van der Waals surface area contributed by atoms with Crippen LogP contribution in [0.15, 0.2) is 77.5 Å². The third-order valence-electron chi connectivity index (χ3n) is 5.19. The van der Waals surface area contributed by atoms with Crippen molar-refractivity contribution in [2.75, 3.05) is 0 Å². The molecule has 1 N–H and O–H groups in total. The Hall–Kier alpha value is -3.38. The predicted octanol–water partition coefficient (Wildman–Crippen LogP) is 6.49. The summed E-state index contributed by atoms with van der Waals surface area (Å²) in [5, 5.41) is 8.69. The van der Waals surface area contributed by atoms with E-state index in [4.69, 9.17) is 0 Å². The minimum absolute atomic E-state index is 0.259. The van der Waals surface area contributed by atoms with E-state index >= 15 is 0 Å². The predicted molar refractivity (Wildman–Crippen MR) is 124 cm³/mol. The molecule has 0 atom stereocenters. The third-order valence-corrected chi connectivity index (χ3v) is 5.65. The Labute approximate surface area is 187 Å². The van der Waals surface area contributed by atoms with Gasteiger partial charge in [0.1, 0.15) is 11.5 Å². The van der Waals surface area contributed by atoms with Crippen LogP contribution >= 0.6 is 15.9 Å². The van der Waals surface area contributed by atoms with E-state index in [9.17, 15) is 4.39 Å². The normalized spacial score (nSPS) is 11.2. The lowest BCUT2D eigenvalue weighted by atomic mass is 10.0. The molecule has 0 bridgehead atoms. The average Bonchev–Trinajstić information content (AvgIpc) is 3.16. The van der Waals surface area contributed by atoms with E-state index in [-0.39, 0.29) is 5.82 Å². The molecule has 0 unspecified atom stereocenters. The van der Waals surface area contributed by atoms with Gasteiger partial charge < -0.3 is 0 Å². The number of aromatic amines is 1. The van der Waals surface area contributed by atoms with Gasteiger partial charge in [-0.2, -0.15) is 5.10 Å². The minimum Gasteiger partial charge on any atom is -0.277 e. The molecule has 0 radical (unpaired) electrons. The van der Waals surface area contributed by atoms with Crippen LogP contribution in [0.4, 0.5) is 4.39 Å². The number of rotatable bonds is 4. The zero-order valence-corrected chi connectivity index (χ0v) is 18.3. The summed E-state index contributed by atoms with van der Waals surface area (Å²) in [6.45, 7) is 1.97. The molecule has 2 aromatic carbocycles. The first-order chi connectivity index (χ1) is 15.0. The molecule has 0 fully saturated rings. The van der Waals surface area contributed by atoms with E-state index in [0.717, 1.165) is 54.7 Å². The molecule has 3 aromatic heterocycles. The highest BCUT2D eigenvalue weighted by atomic mass is 79.9. The fraction of sp³-hybridized carbons (Fsp3) is 0.0800. The fourth-order valence-electron chi connectivity index (χ4n) is 3.78. The lowest BCUT2D eigenvalue weighted by Gasteiger charge is -2.07. The number of hydrogen-bond donors (Lipinski definition) is 1. The van der Waals surface area contributed by atoms with Crippen molar-refractivity contribution in [3.8, 4) is 22.4 Å². The van der Waals surface area contributed by atoms with Gasteiger partial charge in [-0.15, -0.1) is 0 Å². The van der Waals surface area contributed by atoms with Crippen LogP contribution in [0.2, 0.25) is 0 Å². The number of pyridine rings is 2. The molecule has 0 aliphatic rings. The summed E-state index contributed by atoms with van der Waals surface area (Å²) >= 11 is 3.35. The van der Waals surface area contributed by atoms with Crippen molar-refractivity contribution in [2.24, 2.45) is 0 Å². The van der Waals surface area contributed by atoms with Gasteiger partial charge in [0.25, 0.3) is 0 Å².